The van der Waals surface area contributed by atoms with Gasteiger partial charge in [-0.2, -0.15) is 0 Å². The first-order valence-corrected chi connectivity index (χ1v) is 19.9. The summed E-state index contributed by atoms with van der Waals surface area (Å²) in [7, 11) is 2.70. The molecule has 2 aliphatic heterocycles. The van der Waals surface area contributed by atoms with E-state index in [0.717, 1.165) is 38.5 Å². The Balaban J connectivity index is 1.37. The Hall–Kier alpha value is -4.98. The lowest BCUT2D eigenvalue weighted by Crippen LogP contribution is -2.32. The number of methoxy groups -OCH3 is 2. The third-order valence-corrected chi connectivity index (χ3v) is 11.3. The lowest BCUT2D eigenvalue weighted by molar-refractivity contribution is 0.000479. The number of phenols is 4. The van der Waals surface area contributed by atoms with E-state index >= 15 is 0 Å². The minimum atomic E-state index is -0.919. The van der Waals surface area contributed by atoms with E-state index in [-0.39, 0.29) is 76.6 Å². The summed E-state index contributed by atoms with van der Waals surface area (Å²) in [6.45, 7) is 4.14. The van der Waals surface area contributed by atoms with Crippen LogP contribution >= 0.6 is 0 Å². The summed E-state index contributed by atoms with van der Waals surface area (Å²) in [6.07, 6.45) is 4.10. The van der Waals surface area contributed by atoms with Crippen molar-refractivity contribution in [2.24, 2.45) is 0 Å². The first-order valence-electron chi connectivity index (χ1n) is 19.9. The van der Waals surface area contributed by atoms with Crippen molar-refractivity contribution in [2.45, 2.75) is 128 Å². The van der Waals surface area contributed by atoms with Gasteiger partial charge in [0.2, 0.25) is 0 Å². The van der Waals surface area contributed by atoms with E-state index in [4.69, 9.17) is 18.9 Å². The van der Waals surface area contributed by atoms with Crippen LogP contribution < -0.4 is 9.47 Å². The Kier molecular flexibility index (Phi) is 12.9. The molecule has 2 heterocycles. The second-order valence-electron chi connectivity index (χ2n) is 15.4. The third kappa shape index (κ3) is 8.37. The molecule has 13 heteroatoms. The number of aliphatic hydroxyl groups excluding tert-OH is 3. The van der Waals surface area contributed by atoms with Gasteiger partial charge in [-0.3, -0.25) is 0 Å². The maximum atomic E-state index is 13.4. The number of carbonyl (C=O) groups excluding carboxylic acids is 2. The molecule has 0 saturated heterocycles. The number of ether oxygens (including phenoxy) is 4. The quantitative estimate of drug-likeness (QED) is 0.0422. The van der Waals surface area contributed by atoms with Gasteiger partial charge in [0.05, 0.1) is 54.4 Å². The maximum absolute atomic E-state index is 13.4. The van der Waals surface area contributed by atoms with Gasteiger partial charge < -0.3 is 54.7 Å². The van der Waals surface area contributed by atoms with Gasteiger partial charge in [0, 0.05) is 25.7 Å². The number of hydrogen-bond donors (Lipinski definition) is 7. The van der Waals surface area contributed by atoms with Crippen molar-refractivity contribution in [1.29, 1.82) is 0 Å². The van der Waals surface area contributed by atoms with Gasteiger partial charge in [-0.25, -0.2) is 9.59 Å². The van der Waals surface area contributed by atoms with Gasteiger partial charge in [-0.15, -0.1) is 0 Å². The summed E-state index contributed by atoms with van der Waals surface area (Å²) >= 11 is 0. The van der Waals surface area contributed by atoms with Crippen LogP contribution in [0.1, 0.15) is 116 Å². The number of carbonyl (C=O) groups is 2. The molecule has 5 atom stereocenters. The highest BCUT2D eigenvalue weighted by molar-refractivity contribution is 6.13. The number of aromatic hydroxyl groups is 4. The van der Waals surface area contributed by atoms with Gasteiger partial charge in [-0.05, 0) is 65.4 Å². The number of rotatable bonds is 17. The van der Waals surface area contributed by atoms with Gasteiger partial charge >= 0.3 is 11.9 Å². The maximum Gasteiger partial charge on any atom is 0.342 e. The molecule has 4 aromatic rings. The molecule has 0 amide bonds. The number of esters is 2. The molecule has 308 valence electrons. The molecule has 0 aliphatic carbocycles. The Morgan fingerprint density at radius 1 is 0.596 bits per heavy atom. The molecule has 2 aliphatic rings. The van der Waals surface area contributed by atoms with Crippen LogP contribution in [0.2, 0.25) is 0 Å². The number of aliphatic hydroxyl groups is 3. The highest BCUT2D eigenvalue weighted by Gasteiger charge is 2.36. The van der Waals surface area contributed by atoms with Crippen molar-refractivity contribution >= 4 is 33.5 Å². The minimum Gasteiger partial charge on any atom is -0.506 e. The molecule has 0 bridgehead atoms. The summed E-state index contributed by atoms with van der Waals surface area (Å²) in [6, 6.07) is 6.32. The summed E-state index contributed by atoms with van der Waals surface area (Å²) in [5.74, 6) is -3.79. The molecule has 0 aromatic heterocycles. The van der Waals surface area contributed by atoms with Crippen molar-refractivity contribution in [3.05, 3.63) is 46.5 Å². The molecule has 13 nitrogen and oxygen atoms in total. The molecule has 0 fully saturated rings. The van der Waals surface area contributed by atoms with Crippen LogP contribution in [0.25, 0.3) is 32.7 Å². The number of fused-ring (bicyclic) bond motifs is 4. The topological polar surface area (TPSA) is 213 Å². The van der Waals surface area contributed by atoms with Gasteiger partial charge in [0.25, 0.3) is 0 Å². The predicted octanol–water partition coefficient (Wildman–Crippen LogP) is 7.08. The van der Waals surface area contributed by atoms with E-state index in [2.05, 4.69) is 13.8 Å². The summed E-state index contributed by atoms with van der Waals surface area (Å²) in [5.41, 5.74) is 0.351. The number of benzene rings is 4. The standard InChI is InChI=1S/C44H54O13/c1-5-7-9-11-26(45)19-28(47)21-30-16-23-14-25-18-32(55-4)38(42(51)34(25)40(49)36(23)44(53)57-30)37-31(54-3)17-24-13-22-15-29(20-27(46)12-10-8-6-2)56-43(52)35(22)39(48)33(24)41(37)50/h13-14,17-18,26-30,45-51H,5-12,15-16,19-21H2,1-4H3/t26-,27-,28-,29+,30+/m1/s1. The highest BCUT2D eigenvalue weighted by Crippen LogP contribution is 2.56. The average Bonchev–Trinajstić information content (AvgIpc) is 3.14. The van der Waals surface area contributed by atoms with Crippen LogP contribution in [0.3, 0.4) is 0 Å². The zero-order valence-electron chi connectivity index (χ0n) is 33.0. The zero-order valence-corrected chi connectivity index (χ0v) is 33.0. The van der Waals surface area contributed by atoms with Crippen LogP contribution in [0.4, 0.5) is 0 Å². The highest BCUT2D eigenvalue weighted by atomic mass is 16.6. The molecule has 6 rings (SSSR count). The fraction of sp³-hybridized carbons (Fsp3) is 0.500. The molecule has 0 unspecified atom stereocenters. The van der Waals surface area contributed by atoms with Crippen LogP contribution in [0.15, 0.2) is 24.3 Å². The first kappa shape index (κ1) is 41.6. The molecular formula is C44H54O13. The van der Waals surface area contributed by atoms with Crippen molar-refractivity contribution in [2.75, 3.05) is 14.2 Å². The number of hydrogen-bond acceptors (Lipinski definition) is 13. The van der Waals surface area contributed by atoms with E-state index in [1.807, 2.05) is 0 Å². The Morgan fingerprint density at radius 3 is 1.42 bits per heavy atom. The molecule has 0 saturated carbocycles. The molecule has 57 heavy (non-hydrogen) atoms. The number of unbranched alkanes of at least 4 members (excludes halogenated alkanes) is 4. The van der Waals surface area contributed by atoms with Crippen molar-refractivity contribution in [3.63, 3.8) is 0 Å². The number of cyclic esters (lactones) is 2. The molecule has 4 aromatic carbocycles. The van der Waals surface area contributed by atoms with Crippen molar-refractivity contribution < 1.29 is 64.3 Å². The fourth-order valence-corrected chi connectivity index (χ4v) is 8.48. The fourth-order valence-electron chi connectivity index (χ4n) is 8.48. The molecule has 7 N–H and O–H groups in total. The largest absolute Gasteiger partial charge is 0.506 e. The lowest BCUT2D eigenvalue weighted by Gasteiger charge is -2.28. The normalized spacial score (nSPS) is 18.1. The first-order chi connectivity index (χ1) is 27.3. The van der Waals surface area contributed by atoms with Crippen LogP contribution in [0, 0.1) is 0 Å². The van der Waals surface area contributed by atoms with E-state index < -0.39 is 65.5 Å². The van der Waals surface area contributed by atoms with E-state index in [1.54, 1.807) is 12.1 Å². The van der Waals surface area contributed by atoms with Crippen molar-refractivity contribution in [1.82, 2.24) is 0 Å². The van der Waals surface area contributed by atoms with Gasteiger partial charge in [-0.1, -0.05) is 52.4 Å². The van der Waals surface area contributed by atoms with E-state index in [0.29, 0.717) is 34.7 Å². The van der Waals surface area contributed by atoms with Gasteiger partial charge in [0.15, 0.2) is 0 Å². The zero-order chi connectivity index (χ0) is 41.1. The van der Waals surface area contributed by atoms with Crippen LogP contribution in [0.5, 0.6) is 34.5 Å². The Labute approximate surface area is 331 Å². The SMILES string of the molecule is CCCCC[C@@H](O)C[C@@H](O)C[C@@H]1Cc2cc3cc(OC)c(-c4c(OC)cc5cc6c(c(O)c5c4O)C(=O)O[C@H](C[C@H](O)CCCCC)C6)c(O)c3c(O)c2C(=O)O1. The molecule has 0 spiro atoms. The van der Waals surface area contributed by atoms with Crippen LogP contribution in [-0.2, 0) is 22.3 Å². The van der Waals surface area contributed by atoms with Crippen LogP contribution in [-0.4, -0.2) is 92.4 Å². The monoisotopic (exact) mass is 790 g/mol. The third-order valence-electron chi connectivity index (χ3n) is 11.3. The summed E-state index contributed by atoms with van der Waals surface area (Å²) in [4.78, 5) is 26.7. The minimum absolute atomic E-state index is 0.0481. The average molecular weight is 791 g/mol. The van der Waals surface area contributed by atoms with Gasteiger partial charge in [0.1, 0.15) is 57.8 Å². The van der Waals surface area contributed by atoms with Crippen molar-refractivity contribution in [3.8, 4) is 45.6 Å². The Morgan fingerprint density at radius 2 is 1.00 bits per heavy atom. The second-order valence-corrected chi connectivity index (χ2v) is 15.4. The smallest absolute Gasteiger partial charge is 0.342 e. The van der Waals surface area contributed by atoms with E-state index in [9.17, 15) is 45.3 Å². The Bertz CT molecular complexity index is 2140. The summed E-state index contributed by atoms with van der Waals surface area (Å²) < 4.78 is 22.7. The second kappa shape index (κ2) is 17.7. The molecular weight excluding hydrogens is 736 g/mol. The summed E-state index contributed by atoms with van der Waals surface area (Å²) in [5, 5.41) is 79.0. The lowest BCUT2D eigenvalue weighted by atomic mass is 9.87. The molecule has 0 radical (unpaired) electrons. The van der Waals surface area contributed by atoms with E-state index in [1.165, 1.54) is 26.4 Å². The predicted molar refractivity (Wildman–Crippen MR) is 213 cm³/mol. The number of phenolic OH excluding ortho intramolecular Hbond substituents is 4.